The van der Waals surface area contributed by atoms with Crippen LogP contribution in [0.15, 0.2) is 28.1 Å². The third-order valence-corrected chi connectivity index (χ3v) is 5.51. The highest BCUT2D eigenvalue weighted by Gasteiger charge is 2.20. The van der Waals surface area contributed by atoms with Gasteiger partial charge in [-0.2, -0.15) is 0 Å². The van der Waals surface area contributed by atoms with E-state index in [2.05, 4.69) is 65.7 Å². The molecule has 0 saturated heterocycles. The molecule has 2 atom stereocenters. The number of benzene rings is 1. The SMILES string of the molecule is CCCC(C)C(NC)c1csc2c(Br)cccc12. The third-order valence-electron chi connectivity index (χ3n) is 3.54. The molecule has 0 bridgehead atoms. The predicted octanol–water partition coefficient (Wildman–Crippen LogP) is 5.36. The van der Waals surface area contributed by atoms with Gasteiger partial charge < -0.3 is 5.32 Å². The summed E-state index contributed by atoms with van der Waals surface area (Å²) in [6.07, 6.45) is 2.50. The Kier molecular flexibility index (Phi) is 4.82. The smallest absolute Gasteiger partial charge is 0.0488 e. The molecule has 1 aromatic carbocycles. The van der Waals surface area contributed by atoms with Gasteiger partial charge in [0.15, 0.2) is 0 Å². The molecule has 2 rings (SSSR count). The van der Waals surface area contributed by atoms with Crippen LogP contribution in [0.5, 0.6) is 0 Å². The van der Waals surface area contributed by atoms with Crippen LogP contribution in [0.1, 0.15) is 38.3 Å². The van der Waals surface area contributed by atoms with Crippen LogP contribution in [0.4, 0.5) is 0 Å². The van der Waals surface area contributed by atoms with Gasteiger partial charge in [-0.05, 0) is 57.7 Å². The molecule has 0 radical (unpaired) electrons. The van der Waals surface area contributed by atoms with Crippen molar-refractivity contribution in [1.29, 1.82) is 0 Å². The summed E-state index contributed by atoms with van der Waals surface area (Å²) < 4.78 is 2.56. The fraction of sp³-hybridized carbons (Fsp3) is 0.467. The van der Waals surface area contributed by atoms with Gasteiger partial charge in [0, 0.05) is 15.2 Å². The van der Waals surface area contributed by atoms with Gasteiger partial charge in [0.2, 0.25) is 0 Å². The van der Waals surface area contributed by atoms with E-state index in [4.69, 9.17) is 0 Å². The summed E-state index contributed by atoms with van der Waals surface area (Å²) in [5.74, 6) is 0.664. The summed E-state index contributed by atoms with van der Waals surface area (Å²) in [6, 6.07) is 6.93. The van der Waals surface area contributed by atoms with E-state index in [-0.39, 0.29) is 0 Å². The van der Waals surface area contributed by atoms with Crippen molar-refractivity contribution in [3.8, 4) is 0 Å². The molecule has 1 aromatic heterocycles. The van der Waals surface area contributed by atoms with Gasteiger partial charge in [0.25, 0.3) is 0 Å². The van der Waals surface area contributed by atoms with Gasteiger partial charge in [0.05, 0.1) is 0 Å². The van der Waals surface area contributed by atoms with Crippen LogP contribution in [0.3, 0.4) is 0 Å². The van der Waals surface area contributed by atoms with Gasteiger partial charge in [-0.3, -0.25) is 0 Å². The zero-order valence-electron chi connectivity index (χ0n) is 11.2. The number of rotatable bonds is 5. The standard InChI is InChI=1S/C15H20BrNS/c1-4-6-10(2)14(17-3)12-9-18-15-11(12)7-5-8-13(15)16/h5,7-10,14,17H,4,6H2,1-3H3. The highest BCUT2D eigenvalue weighted by molar-refractivity contribution is 9.10. The minimum Gasteiger partial charge on any atom is -0.313 e. The van der Waals surface area contributed by atoms with E-state index in [9.17, 15) is 0 Å². The van der Waals surface area contributed by atoms with Gasteiger partial charge >= 0.3 is 0 Å². The van der Waals surface area contributed by atoms with Crippen molar-refractivity contribution in [3.63, 3.8) is 0 Å². The molecule has 3 heteroatoms. The number of nitrogens with one attached hydrogen (secondary N) is 1. The van der Waals surface area contributed by atoms with Crippen LogP contribution in [0, 0.1) is 5.92 Å². The van der Waals surface area contributed by atoms with Crippen LogP contribution in [-0.4, -0.2) is 7.05 Å². The lowest BCUT2D eigenvalue weighted by molar-refractivity contribution is 0.386. The predicted molar refractivity (Wildman–Crippen MR) is 85.4 cm³/mol. The maximum Gasteiger partial charge on any atom is 0.0488 e. The van der Waals surface area contributed by atoms with E-state index in [1.54, 1.807) is 0 Å². The Hall–Kier alpha value is -0.380. The maximum atomic E-state index is 3.64. The van der Waals surface area contributed by atoms with Crippen molar-refractivity contribution >= 4 is 37.4 Å². The Morgan fingerprint density at radius 2 is 2.17 bits per heavy atom. The third kappa shape index (κ3) is 2.63. The van der Waals surface area contributed by atoms with Crippen LogP contribution in [0.25, 0.3) is 10.1 Å². The van der Waals surface area contributed by atoms with Gasteiger partial charge in [-0.15, -0.1) is 11.3 Å². The van der Waals surface area contributed by atoms with Crippen molar-refractivity contribution in [1.82, 2.24) is 5.32 Å². The average molecular weight is 326 g/mol. The van der Waals surface area contributed by atoms with Crippen molar-refractivity contribution in [2.75, 3.05) is 7.05 Å². The Balaban J connectivity index is 2.42. The Morgan fingerprint density at radius 1 is 1.39 bits per heavy atom. The first-order valence-electron chi connectivity index (χ1n) is 6.51. The number of hydrogen-bond donors (Lipinski definition) is 1. The minimum absolute atomic E-state index is 0.452. The molecule has 0 fully saturated rings. The molecule has 18 heavy (non-hydrogen) atoms. The quantitative estimate of drug-likeness (QED) is 0.780. The van der Waals surface area contributed by atoms with E-state index in [1.807, 2.05) is 11.3 Å². The second-order valence-corrected chi connectivity index (χ2v) is 6.57. The molecule has 0 amide bonds. The number of halogens is 1. The first-order chi connectivity index (χ1) is 8.69. The van der Waals surface area contributed by atoms with Crippen LogP contribution in [-0.2, 0) is 0 Å². The topological polar surface area (TPSA) is 12.0 Å². The maximum absolute atomic E-state index is 3.64. The second-order valence-electron chi connectivity index (χ2n) is 4.84. The molecule has 2 aromatic rings. The molecular weight excluding hydrogens is 306 g/mol. The number of fused-ring (bicyclic) bond motifs is 1. The number of hydrogen-bond acceptors (Lipinski definition) is 2. The molecule has 0 spiro atoms. The largest absolute Gasteiger partial charge is 0.313 e. The van der Waals surface area contributed by atoms with Gasteiger partial charge in [0.1, 0.15) is 0 Å². The summed E-state index contributed by atoms with van der Waals surface area (Å²) >= 11 is 5.47. The van der Waals surface area contributed by atoms with E-state index in [0.29, 0.717) is 12.0 Å². The molecule has 98 valence electrons. The Bertz CT molecular complexity index is 520. The van der Waals surface area contributed by atoms with Gasteiger partial charge in [-0.1, -0.05) is 32.4 Å². The molecule has 1 N–H and O–H groups in total. The lowest BCUT2D eigenvalue weighted by atomic mass is 9.91. The zero-order chi connectivity index (χ0) is 13.1. The normalized spacial score (nSPS) is 14.9. The Morgan fingerprint density at radius 3 is 2.83 bits per heavy atom. The summed E-state index contributed by atoms with van der Waals surface area (Å²) in [5, 5.41) is 7.19. The second kappa shape index (κ2) is 6.18. The van der Waals surface area contributed by atoms with Crippen LogP contribution < -0.4 is 5.32 Å². The average Bonchev–Trinajstić information content (AvgIpc) is 2.76. The molecular formula is C15H20BrNS. The van der Waals surface area contributed by atoms with E-state index < -0.39 is 0 Å². The summed E-state index contributed by atoms with van der Waals surface area (Å²) in [7, 11) is 2.07. The fourth-order valence-electron chi connectivity index (χ4n) is 2.65. The molecule has 2 unspecified atom stereocenters. The molecule has 0 aliphatic carbocycles. The first-order valence-corrected chi connectivity index (χ1v) is 8.19. The van der Waals surface area contributed by atoms with Crippen molar-refractivity contribution in [2.24, 2.45) is 5.92 Å². The van der Waals surface area contributed by atoms with E-state index in [1.165, 1.54) is 33.0 Å². The Labute approximate surface area is 122 Å². The molecule has 0 aliphatic heterocycles. The summed E-state index contributed by atoms with van der Waals surface area (Å²) in [5.41, 5.74) is 1.44. The first kappa shape index (κ1) is 14.0. The molecule has 1 heterocycles. The monoisotopic (exact) mass is 325 g/mol. The fourth-order valence-corrected chi connectivity index (χ4v) is 4.31. The van der Waals surface area contributed by atoms with Crippen molar-refractivity contribution in [2.45, 2.75) is 32.7 Å². The van der Waals surface area contributed by atoms with Crippen molar-refractivity contribution < 1.29 is 0 Å². The lowest BCUT2D eigenvalue weighted by Gasteiger charge is -2.23. The highest BCUT2D eigenvalue weighted by atomic mass is 79.9. The molecule has 1 nitrogen and oxygen atoms in total. The van der Waals surface area contributed by atoms with Gasteiger partial charge in [-0.25, -0.2) is 0 Å². The molecule has 0 aliphatic rings. The number of thiophene rings is 1. The van der Waals surface area contributed by atoms with E-state index in [0.717, 1.165) is 0 Å². The summed E-state index contributed by atoms with van der Waals surface area (Å²) in [4.78, 5) is 0. The van der Waals surface area contributed by atoms with Crippen molar-refractivity contribution in [3.05, 3.63) is 33.6 Å². The zero-order valence-corrected chi connectivity index (χ0v) is 13.6. The summed E-state index contributed by atoms with van der Waals surface area (Å²) in [6.45, 7) is 4.59. The lowest BCUT2D eigenvalue weighted by Crippen LogP contribution is -2.23. The minimum atomic E-state index is 0.452. The van der Waals surface area contributed by atoms with E-state index >= 15 is 0 Å². The molecule has 0 saturated carbocycles. The van der Waals surface area contributed by atoms with Crippen LogP contribution in [0.2, 0.25) is 0 Å². The highest BCUT2D eigenvalue weighted by Crippen LogP contribution is 2.37. The van der Waals surface area contributed by atoms with Crippen LogP contribution >= 0.6 is 27.3 Å².